The number of hydrogen-bond donors (Lipinski definition) is 3. The van der Waals surface area contributed by atoms with Crippen LogP contribution < -0.4 is 14.8 Å². The predicted molar refractivity (Wildman–Crippen MR) is 132 cm³/mol. The number of hydrogen-bond acceptors (Lipinski definition) is 9. The van der Waals surface area contributed by atoms with Crippen LogP contribution in [0.2, 0.25) is 0 Å². The summed E-state index contributed by atoms with van der Waals surface area (Å²) in [6.07, 6.45) is 5.71. The number of pyridine rings is 1. The van der Waals surface area contributed by atoms with Crippen molar-refractivity contribution in [3.63, 3.8) is 0 Å². The van der Waals surface area contributed by atoms with Crippen LogP contribution in [0.15, 0.2) is 17.2 Å². The highest BCUT2D eigenvalue weighted by molar-refractivity contribution is 7.89. The monoisotopic (exact) mass is 510 g/mol. The van der Waals surface area contributed by atoms with Crippen LogP contribution in [0, 0.1) is 12.8 Å². The van der Waals surface area contributed by atoms with Crippen LogP contribution in [0.1, 0.15) is 51.1 Å². The van der Waals surface area contributed by atoms with Gasteiger partial charge in [0.25, 0.3) is 0 Å². The molecule has 2 fully saturated rings. The van der Waals surface area contributed by atoms with E-state index in [2.05, 4.69) is 26.9 Å². The first-order valence-corrected chi connectivity index (χ1v) is 14.1. The quantitative estimate of drug-likeness (QED) is 0.494. The van der Waals surface area contributed by atoms with E-state index < -0.39 is 10.0 Å². The average Bonchev–Trinajstić information content (AvgIpc) is 3.20. The first-order chi connectivity index (χ1) is 16.3. The van der Waals surface area contributed by atoms with E-state index in [9.17, 15) is 13.5 Å². The highest BCUT2D eigenvalue weighted by atomic mass is 32.2. The number of thiazole rings is 1. The number of nitrogens with zero attached hydrogens (tertiary/aromatic N) is 2. The fourth-order valence-electron chi connectivity index (χ4n) is 4.63. The molecule has 1 aliphatic heterocycles. The summed E-state index contributed by atoms with van der Waals surface area (Å²) in [5.41, 5.74) is 1.50. The van der Waals surface area contributed by atoms with Crippen molar-refractivity contribution in [1.29, 1.82) is 0 Å². The van der Waals surface area contributed by atoms with Gasteiger partial charge in [0, 0.05) is 37.1 Å². The van der Waals surface area contributed by atoms with Crippen molar-refractivity contribution in [1.82, 2.24) is 14.7 Å². The zero-order valence-electron chi connectivity index (χ0n) is 19.9. The number of anilines is 1. The minimum Gasteiger partial charge on any atom is -0.480 e. The second kappa shape index (κ2) is 10.9. The fourth-order valence-corrected chi connectivity index (χ4v) is 7.13. The van der Waals surface area contributed by atoms with Crippen LogP contribution in [0.25, 0.3) is 10.4 Å². The summed E-state index contributed by atoms with van der Waals surface area (Å²) in [5.74, 6) is 0.591. The van der Waals surface area contributed by atoms with E-state index >= 15 is 0 Å². The lowest BCUT2D eigenvalue weighted by atomic mass is 9.93. The van der Waals surface area contributed by atoms with Crippen molar-refractivity contribution >= 4 is 26.5 Å². The maximum Gasteiger partial charge on any atom is 0.246 e. The SMILES string of the molecule is COc1ncc(-c2sc(NC(C)C3CCOCC3)nc2C)cc1S(=O)(=O)NC1CCC(O)CC1. The van der Waals surface area contributed by atoms with Gasteiger partial charge >= 0.3 is 0 Å². The van der Waals surface area contributed by atoms with E-state index in [4.69, 9.17) is 9.47 Å². The molecule has 0 amide bonds. The van der Waals surface area contributed by atoms with Gasteiger partial charge in [-0.25, -0.2) is 23.1 Å². The molecule has 4 rings (SSSR count). The zero-order chi connectivity index (χ0) is 24.3. The number of rotatable bonds is 8. The van der Waals surface area contributed by atoms with Gasteiger partial charge in [-0.3, -0.25) is 0 Å². The molecular formula is C23H34N4O5S2. The average molecular weight is 511 g/mol. The number of ether oxygens (including phenoxy) is 2. The molecule has 34 heavy (non-hydrogen) atoms. The molecule has 2 aromatic heterocycles. The summed E-state index contributed by atoms with van der Waals surface area (Å²) in [7, 11) is -2.44. The standard InChI is InChI=1S/C23H34N4O5S2/c1-14(16-8-10-32-11-9-16)25-23-26-15(2)21(33-23)17-12-20(22(31-3)24-13-17)34(29,30)27-18-4-6-19(28)7-5-18/h12-14,16,18-19,27-28H,4-11H2,1-3H3,(H,25,26). The minimum absolute atomic E-state index is 0.0107. The summed E-state index contributed by atoms with van der Waals surface area (Å²) in [4.78, 5) is 9.86. The van der Waals surface area contributed by atoms with Gasteiger partial charge in [0.1, 0.15) is 4.90 Å². The molecule has 0 spiro atoms. The van der Waals surface area contributed by atoms with E-state index in [0.717, 1.165) is 41.8 Å². The molecule has 188 valence electrons. The molecule has 3 heterocycles. The molecule has 1 unspecified atom stereocenters. The van der Waals surface area contributed by atoms with E-state index in [1.807, 2.05) is 6.92 Å². The highest BCUT2D eigenvalue weighted by Gasteiger charge is 2.29. The van der Waals surface area contributed by atoms with Crippen molar-refractivity contribution in [2.75, 3.05) is 25.6 Å². The molecule has 1 atom stereocenters. The molecule has 2 aromatic rings. The van der Waals surface area contributed by atoms with Crippen molar-refractivity contribution < 1.29 is 23.0 Å². The first-order valence-electron chi connectivity index (χ1n) is 11.8. The van der Waals surface area contributed by atoms with Crippen LogP contribution in [0.5, 0.6) is 5.88 Å². The number of aliphatic hydroxyl groups excluding tert-OH is 1. The van der Waals surface area contributed by atoms with Gasteiger partial charge in [-0.1, -0.05) is 11.3 Å². The van der Waals surface area contributed by atoms with Crippen LogP contribution in [-0.4, -0.2) is 62.0 Å². The molecule has 2 aliphatic rings. The molecule has 0 radical (unpaired) electrons. The van der Waals surface area contributed by atoms with Crippen LogP contribution in [0.3, 0.4) is 0 Å². The van der Waals surface area contributed by atoms with E-state index in [-0.39, 0.29) is 29.0 Å². The largest absolute Gasteiger partial charge is 0.480 e. The topological polar surface area (TPSA) is 123 Å². The van der Waals surface area contributed by atoms with Gasteiger partial charge < -0.3 is 19.9 Å². The lowest BCUT2D eigenvalue weighted by Gasteiger charge is -2.28. The molecule has 3 N–H and O–H groups in total. The molecule has 9 nitrogen and oxygen atoms in total. The Morgan fingerprint density at radius 3 is 2.59 bits per heavy atom. The summed E-state index contributed by atoms with van der Waals surface area (Å²) in [6, 6.07) is 1.66. The van der Waals surface area contributed by atoms with Gasteiger partial charge in [-0.05, 0) is 64.4 Å². The van der Waals surface area contributed by atoms with Crippen molar-refractivity contribution in [3.05, 3.63) is 18.0 Å². The fraction of sp³-hybridized carbons (Fsp3) is 0.652. The Morgan fingerprint density at radius 2 is 1.91 bits per heavy atom. The summed E-state index contributed by atoms with van der Waals surface area (Å²) < 4.78 is 40.0. The third kappa shape index (κ3) is 5.88. The molecule has 1 saturated carbocycles. The minimum atomic E-state index is -3.85. The lowest BCUT2D eigenvalue weighted by molar-refractivity contribution is 0.0622. The summed E-state index contributed by atoms with van der Waals surface area (Å²) in [5, 5.41) is 14.1. The van der Waals surface area contributed by atoms with Gasteiger partial charge in [-0.15, -0.1) is 0 Å². The number of sulfonamides is 1. The highest BCUT2D eigenvalue weighted by Crippen LogP contribution is 2.36. The summed E-state index contributed by atoms with van der Waals surface area (Å²) in [6.45, 7) is 5.67. The molecule has 11 heteroatoms. The van der Waals surface area contributed by atoms with Gasteiger partial charge in [0.05, 0.1) is 23.8 Å². The van der Waals surface area contributed by atoms with Crippen molar-refractivity contribution in [3.8, 4) is 16.3 Å². The maximum atomic E-state index is 13.2. The van der Waals surface area contributed by atoms with Gasteiger partial charge in [-0.2, -0.15) is 0 Å². The number of aromatic nitrogens is 2. The molecular weight excluding hydrogens is 476 g/mol. The normalized spacial score (nSPS) is 22.9. The molecule has 1 saturated heterocycles. The molecule has 0 bridgehead atoms. The second-order valence-corrected chi connectivity index (χ2v) is 11.9. The predicted octanol–water partition coefficient (Wildman–Crippen LogP) is 3.33. The van der Waals surface area contributed by atoms with Gasteiger partial charge in [0.15, 0.2) is 5.13 Å². The first kappa shape index (κ1) is 25.3. The Bertz CT molecular complexity index is 1080. The Hall–Kier alpha value is -1.79. The van der Waals surface area contributed by atoms with Crippen LogP contribution >= 0.6 is 11.3 Å². The van der Waals surface area contributed by atoms with Crippen LogP contribution in [-0.2, 0) is 14.8 Å². The number of methoxy groups -OCH3 is 1. The second-order valence-electron chi connectivity index (χ2n) is 9.17. The number of aliphatic hydroxyl groups is 1. The summed E-state index contributed by atoms with van der Waals surface area (Å²) >= 11 is 1.50. The lowest BCUT2D eigenvalue weighted by Crippen LogP contribution is -2.38. The Balaban J connectivity index is 1.55. The Morgan fingerprint density at radius 1 is 1.21 bits per heavy atom. The molecule has 0 aromatic carbocycles. The van der Waals surface area contributed by atoms with E-state index in [0.29, 0.717) is 37.2 Å². The molecule has 1 aliphatic carbocycles. The maximum absolute atomic E-state index is 13.2. The smallest absolute Gasteiger partial charge is 0.246 e. The van der Waals surface area contributed by atoms with Crippen LogP contribution in [0.4, 0.5) is 5.13 Å². The third-order valence-electron chi connectivity index (χ3n) is 6.70. The zero-order valence-corrected chi connectivity index (χ0v) is 21.5. The van der Waals surface area contributed by atoms with E-state index in [1.165, 1.54) is 18.4 Å². The Labute approximate surface area is 205 Å². The number of aryl methyl sites for hydroxylation is 1. The van der Waals surface area contributed by atoms with E-state index in [1.54, 1.807) is 12.3 Å². The third-order valence-corrected chi connectivity index (χ3v) is 9.36. The van der Waals surface area contributed by atoms with Gasteiger partial charge in [0.2, 0.25) is 15.9 Å². The van der Waals surface area contributed by atoms with Crippen molar-refractivity contribution in [2.45, 2.75) is 75.5 Å². The number of nitrogens with one attached hydrogen (secondary N) is 2. The van der Waals surface area contributed by atoms with Crippen molar-refractivity contribution in [2.24, 2.45) is 5.92 Å². The Kier molecular flexibility index (Phi) is 8.08.